The van der Waals surface area contributed by atoms with Gasteiger partial charge in [0.1, 0.15) is 0 Å². The average molecular weight is 1140 g/mol. The largest absolute Gasteiger partial charge is 2.00 e. The van der Waals surface area contributed by atoms with Crippen molar-refractivity contribution < 1.29 is 92.1 Å². The minimum atomic E-state index is -2.29. The van der Waals surface area contributed by atoms with E-state index in [0.717, 1.165) is 55.7 Å². The Morgan fingerprint density at radius 1 is 0.444 bits per heavy atom. The SMILES string of the molecule is C[N-]c1ccccc1-c1ccccn1.C[N-]c1ccccc1-c1ccccn1.F[Xe]F.[F][Pd][F].[Pd+2].[c-]1cccc2ccc3cccnc3c12.[c-]1cccc2ccc3cccnc3c12. The van der Waals surface area contributed by atoms with Crippen LogP contribution in [-0.2, 0) is 39.4 Å². The maximum absolute atomic E-state index is 9.72. The van der Waals surface area contributed by atoms with Crippen LogP contribution in [0.2, 0.25) is 0 Å². The van der Waals surface area contributed by atoms with E-state index in [1.54, 1.807) is 26.5 Å². The molecule has 0 amide bonds. The van der Waals surface area contributed by atoms with E-state index >= 15 is 0 Å². The van der Waals surface area contributed by atoms with E-state index in [-0.39, 0.29) is 20.4 Å². The van der Waals surface area contributed by atoms with E-state index in [1.165, 1.54) is 21.5 Å². The van der Waals surface area contributed by atoms with Crippen molar-refractivity contribution in [1.29, 1.82) is 0 Å². The van der Waals surface area contributed by atoms with Crippen LogP contribution in [0, 0.1) is 58.2 Å². The molecule has 4 aromatic heterocycles. The summed E-state index contributed by atoms with van der Waals surface area (Å²) in [6.45, 7) is 0. The van der Waals surface area contributed by atoms with Crippen molar-refractivity contribution in [3.63, 3.8) is 0 Å². The van der Waals surface area contributed by atoms with Gasteiger partial charge < -0.3 is 20.6 Å². The number of halogens is 4. The van der Waals surface area contributed by atoms with Gasteiger partial charge in [0.25, 0.3) is 0 Å². The van der Waals surface area contributed by atoms with E-state index in [0.29, 0.717) is 0 Å². The molecule has 0 radical (unpaired) electrons. The molecular formula is C50H38F4N6Pd2Xe-2. The summed E-state index contributed by atoms with van der Waals surface area (Å²) in [6, 6.07) is 62.7. The Morgan fingerprint density at radius 2 is 0.794 bits per heavy atom. The molecule has 4 heterocycles. The van der Waals surface area contributed by atoms with Crippen LogP contribution in [0.5, 0.6) is 0 Å². The molecule has 10 rings (SSSR count). The fourth-order valence-electron chi connectivity index (χ4n) is 6.28. The Balaban J connectivity index is 0.000000176. The van der Waals surface area contributed by atoms with Gasteiger partial charge in [-0.25, -0.2) is 0 Å². The van der Waals surface area contributed by atoms with Gasteiger partial charge in [0.15, 0.2) is 0 Å². The Morgan fingerprint density at radius 3 is 1.17 bits per heavy atom. The van der Waals surface area contributed by atoms with Crippen LogP contribution in [0.25, 0.3) is 76.5 Å². The average Bonchev–Trinajstić information content (AvgIpc) is 3.35. The van der Waals surface area contributed by atoms with Gasteiger partial charge in [0.2, 0.25) is 0 Å². The third kappa shape index (κ3) is 15.2. The zero-order valence-electron chi connectivity index (χ0n) is 33.7. The molecule has 0 aliphatic heterocycles. The van der Waals surface area contributed by atoms with Crippen LogP contribution in [0.1, 0.15) is 0 Å². The first-order chi connectivity index (χ1) is 30.6. The second kappa shape index (κ2) is 28.8. The van der Waals surface area contributed by atoms with E-state index in [2.05, 4.69) is 91.2 Å². The predicted molar refractivity (Wildman–Crippen MR) is 238 cm³/mol. The summed E-state index contributed by atoms with van der Waals surface area (Å²) in [5.74, 6) is 0. The van der Waals surface area contributed by atoms with Gasteiger partial charge in [-0.05, 0) is 69.3 Å². The van der Waals surface area contributed by atoms with E-state index < -0.39 is 65.0 Å². The van der Waals surface area contributed by atoms with Crippen LogP contribution in [0.15, 0.2) is 195 Å². The number of benzene rings is 6. The Labute approximate surface area is 416 Å². The van der Waals surface area contributed by atoms with Gasteiger partial charge in [-0.3, -0.25) is 9.97 Å². The fraction of sp³-hybridized carbons (Fsp3) is 0.0400. The number of nitrogens with zero attached hydrogens (tertiary/aromatic N) is 6. The summed E-state index contributed by atoms with van der Waals surface area (Å²) in [4.78, 5) is 17.4. The van der Waals surface area contributed by atoms with Gasteiger partial charge in [0, 0.05) is 24.8 Å². The van der Waals surface area contributed by atoms with Gasteiger partial charge in [-0.1, -0.05) is 97.1 Å². The number of fused-ring (bicyclic) bond motifs is 6. The van der Waals surface area contributed by atoms with Crippen molar-refractivity contribution in [3.05, 3.63) is 217 Å². The Kier molecular flexibility index (Phi) is 23.2. The van der Waals surface area contributed by atoms with Crippen molar-refractivity contribution in [2.24, 2.45) is 0 Å². The molecule has 0 aliphatic carbocycles. The smallest absolute Gasteiger partial charge is 0.304 e. The van der Waals surface area contributed by atoms with E-state index in [1.807, 2.05) is 134 Å². The van der Waals surface area contributed by atoms with Crippen LogP contribution < -0.4 is 0 Å². The Bertz CT molecular complexity index is 2560. The molecule has 10 aromatic rings. The molecule has 13 heteroatoms. The molecule has 6 aromatic carbocycles. The van der Waals surface area contributed by atoms with Crippen molar-refractivity contribution in [1.82, 2.24) is 19.9 Å². The molecule has 0 atom stereocenters. The molecule has 0 N–H and O–H groups in total. The van der Waals surface area contributed by atoms with Crippen molar-refractivity contribution in [2.45, 2.75) is 0 Å². The molecule has 0 aliphatic rings. The maximum Gasteiger partial charge on any atom is 2.00 e. The molecule has 0 unspecified atom stereocenters. The number of pyridine rings is 4. The maximum atomic E-state index is 9.72. The third-order valence-corrected chi connectivity index (χ3v) is 8.98. The van der Waals surface area contributed by atoms with Crippen LogP contribution in [-0.4, -0.2) is 34.0 Å². The van der Waals surface area contributed by atoms with Crippen molar-refractivity contribution in [2.75, 3.05) is 14.1 Å². The normalized spacial score (nSPS) is 9.87. The number of para-hydroxylation sites is 2. The molecular weight excluding hydrogens is 1100 g/mol. The summed E-state index contributed by atoms with van der Waals surface area (Å²) in [7, 11) is 3.59. The first-order valence-corrected chi connectivity index (χ1v) is 21.4. The summed E-state index contributed by atoms with van der Waals surface area (Å²) < 4.78 is 38.8. The fourth-order valence-corrected chi connectivity index (χ4v) is 6.28. The molecule has 326 valence electrons. The standard InChI is InChI=1S/2C13H8N.2C12H11N2.F2Xe.2FH.2Pd/c2*1-2-6-12-10(4-1)7-8-11-5-3-9-14-13(11)12;2*1-13-11-7-3-2-6-10(11)12-8-4-5-9-14-12;1-3-2;;;;/h2*1-5,7-9H;2*2-9H,1H3;;2*1H;;/q4*-1;;;;2*+2/p-2. The minimum Gasteiger partial charge on any atom is -0.304 e. The van der Waals surface area contributed by atoms with Gasteiger partial charge in [0.05, 0.1) is 11.4 Å². The third-order valence-electron chi connectivity index (χ3n) is 8.98. The second-order valence-corrected chi connectivity index (χ2v) is 13.1. The van der Waals surface area contributed by atoms with Gasteiger partial charge in [-0.15, -0.1) is 95.5 Å². The topological polar surface area (TPSA) is 79.8 Å². The molecule has 0 bridgehead atoms. The number of hydrogen-bond acceptors (Lipinski definition) is 4. The summed E-state index contributed by atoms with van der Waals surface area (Å²) in [5.41, 5.74) is 8.11. The molecule has 0 fully saturated rings. The quantitative estimate of drug-likeness (QED) is 0.0761. The molecule has 63 heavy (non-hydrogen) atoms. The van der Waals surface area contributed by atoms with Gasteiger partial charge >= 0.3 is 92.1 Å². The summed E-state index contributed by atoms with van der Waals surface area (Å²) >= 11 is -4.34. The first-order valence-electron chi connectivity index (χ1n) is 18.7. The zero-order valence-corrected chi connectivity index (χ0v) is 38.8. The van der Waals surface area contributed by atoms with Crippen LogP contribution in [0.4, 0.5) is 18.0 Å². The number of aromatic nitrogens is 4. The molecule has 0 spiro atoms. The minimum absolute atomic E-state index is 0. The van der Waals surface area contributed by atoms with Gasteiger partial charge in [-0.2, -0.15) is 0 Å². The molecule has 0 saturated carbocycles. The number of hydrogen-bond donors (Lipinski definition) is 0. The Hall–Kier alpha value is -4.82. The first kappa shape index (κ1) is 50.8. The van der Waals surface area contributed by atoms with Crippen molar-refractivity contribution >= 4 is 54.7 Å². The van der Waals surface area contributed by atoms with Crippen LogP contribution in [0.3, 0.4) is 0 Å². The summed E-state index contributed by atoms with van der Waals surface area (Å²) in [5, 5.41) is 15.3. The predicted octanol–water partition coefficient (Wildman–Crippen LogP) is 14.8. The molecule has 0 saturated heterocycles. The zero-order chi connectivity index (χ0) is 43.8. The van der Waals surface area contributed by atoms with E-state index in [4.69, 9.17) is 0 Å². The molecule has 6 nitrogen and oxygen atoms in total. The number of rotatable bonds is 4. The van der Waals surface area contributed by atoms with Crippen LogP contribution >= 0.6 is 0 Å². The summed E-state index contributed by atoms with van der Waals surface area (Å²) in [6.07, 6.45) is 7.23. The van der Waals surface area contributed by atoms with E-state index in [9.17, 15) is 6.61 Å². The monoisotopic (exact) mass is 1140 g/mol. The second-order valence-electron chi connectivity index (χ2n) is 12.6. The van der Waals surface area contributed by atoms with Crippen molar-refractivity contribution in [3.8, 4) is 22.5 Å².